The minimum Gasteiger partial charge on any atom is -0.294 e. The van der Waals surface area contributed by atoms with Crippen LogP contribution in [0.1, 0.15) is 21.9 Å². The van der Waals surface area contributed by atoms with E-state index in [9.17, 15) is 4.79 Å². The highest BCUT2D eigenvalue weighted by Crippen LogP contribution is 2.05. The number of rotatable bonds is 3. The molecule has 0 aliphatic rings. The Morgan fingerprint density at radius 1 is 1.47 bits per heavy atom. The monoisotopic (exact) mass is 202 g/mol. The zero-order chi connectivity index (χ0) is 10.7. The van der Waals surface area contributed by atoms with Crippen molar-refractivity contribution in [3.05, 3.63) is 41.7 Å². The number of hydrogen-bond acceptors (Lipinski definition) is 4. The molecule has 0 N–H and O–H groups in total. The second kappa shape index (κ2) is 4.00. The number of aromatic nitrogens is 4. The number of aldehydes is 1. The lowest BCUT2D eigenvalue weighted by Gasteiger charge is -2.03. The van der Waals surface area contributed by atoms with Crippen LogP contribution in [0.5, 0.6) is 0 Å². The fourth-order valence-electron chi connectivity index (χ4n) is 1.30. The smallest absolute Gasteiger partial charge is 0.213 e. The maximum Gasteiger partial charge on any atom is 0.213 e. The number of pyridine rings is 1. The van der Waals surface area contributed by atoms with Crippen molar-refractivity contribution in [2.24, 2.45) is 0 Å². The predicted molar refractivity (Wildman–Crippen MR) is 53.5 cm³/mol. The van der Waals surface area contributed by atoms with Crippen molar-refractivity contribution in [1.29, 1.82) is 0 Å². The molecule has 0 saturated heterocycles. The van der Waals surface area contributed by atoms with E-state index in [4.69, 9.17) is 0 Å². The van der Waals surface area contributed by atoms with E-state index in [-0.39, 0.29) is 5.82 Å². The van der Waals surface area contributed by atoms with Crippen molar-refractivity contribution in [2.75, 3.05) is 0 Å². The van der Waals surface area contributed by atoms with E-state index in [1.54, 1.807) is 10.9 Å². The fraction of sp³-hybridized carbons (Fsp3) is 0.200. The maximum absolute atomic E-state index is 10.4. The van der Waals surface area contributed by atoms with Gasteiger partial charge in [-0.1, -0.05) is 6.07 Å². The van der Waals surface area contributed by atoms with Crippen LogP contribution in [0.25, 0.3) is 0 Å². The van der Waals surface area contributed by atoms with Crippen LogP contribution in [-0.4, -0.2) is 26.0 Å². The van der Waals surface area contributed by atoms with Gasteiger partial charge in [0.15, 0.2) is 6.29 Å². The highest BCUT2D eigenvalue weighted by Gasteiger charge is 2.02. The third kappa shape index (κ3) is 2.07. The summed E-state index contributed by atoms with van der Waals surface area (Å²) in [5, 5.41) is 3.97. The molecule has 5 nitrogen and oxygen atoms in total. The zero-order valence-electron chi connectivity index (χ0n) is 8.29. The number of hydrogen-bond donors (Lipinski definition) is 0. The molecular formula is C10H10N4O. The van der Waals surface area contributed by atoms with E-state index in [1.807, 2.05) is 19.1 Å². The highest BCUT2D eigenvalue weighted by atomic mass is 16.1. The molecule has 2 heterocycles. The van der Waals surface area contributed by atoms with Gasteiger partial charge in [0.25, 0.3) is 0 Å². The minimum absolute atomic E-state index is 0.205. The summed E-state index contributed by atoms with van der Waals surface area (Å²) in [7, 11) is 0. The van der Waals surface area contributed by atoms with Crippen LogP contribution in [0, 0.1) is 6.92 Å². The van der Waals surface area contributed by atoms with Gasteiger partial charge in [-0.3, -0.25) is 9.78 Å². The van der Waals surface area contributed by atoms with E-state index in [0.29, 0.717) is 12.8 Å². The number of carbonyl (C=O) groups is 1. The molecule has 0 radical (unpaired) electrons. The quantitative estimate of drug-likeness (QED) is 0.692. The standard InChI is InChI=1S/C10H10N4O/c1-8-9(3-2-4-11-8)5-14-7-12-10(6-15)13-14/h2-4,6-7H,5H2,1H3. The van der Waals surface area contributed by atoms with Gasteiger partial charge in [-0.15, -0.1) is 5.10 Å². The Balaban J connectivity index is 2.22. The van der Waals surface area contributed by atoms with E-state index < -0.39 is 0 Å². The minimum atomic E-state index is 0.205. The Morgan fingerprint density at radius 3 is 3.00 bits per heavy atom. The normalized spacial score (nSPS) is 10.2. The van der Waals surface area contributed by atoms with Crippen LogP contribution in [0.2, 0.25) is 0 Å². The van der Waals surface area contributed by atoms with Crippen LogP contribution in [0.15, 0.2) is 24.7 Å². The van der Waals surface area contributed by atoms with Crippen LogP contribution in [0.3, 0.4) is 0 Å². The van der Waals surface area contributed by atoms with Gasteiger partial charge in [0, 0.05) is 11.9 Å². The third-order valence-corrected chi connectivity index (χ3v) is 2.11. The zero-order valence-corrected chi connectivity index (χ0v) is 8.29. The Kier molecular flexibility index (Phi) is 2.53. The number of nitrogens with zero attached hydrogens (tertiary/aromatic N) is 4. The molecule has 2 aromatic heterocycles. The summed E-state index contributed by atoms with van der Waals surface area (Å²) in [6, 6.07) is 3.85. The van der Waals surface area contributed by atoms with Crippen LogP contribution in [-0.2, 0) is 6.54 Å². The summed E-state index contributed by atoms with van der Waals surface area (Å²) >= 11 is 0. The molecule has 0 saturated carbocycles. The third-order valence-electron chi connectivity index (χ3n) is 2.11. The largest absolute Gasteiger partial charge is 0.294 e. The molecule has 76 valence electrons. The Bertz CT molecular complexity index is 478. The first-order valence-corrected chi connectivity index (χ1v) is 4.54. The first-order valence-electron chi connectivity index (χ1n) is 4.54. The van der Waals surface area contributed by atoms with E-state index >= 15 is 0 Å². The second-order valence-corrected chi connectivity index (χ2v) is 3.17. The Labute approximate surface area is 86.8 Å². The van der Waals surface area contributed by atoms with E-state index in [0.717, 1.165) is 11.3 Å². The van der Waals surface area contributed by atoms with E-state index in [2.05, 4.69) is 15.1 Å². The number of aryl methyl sites for hydroxylation is 1. The molecule has 0 bridgehead atoms. The second-order valence-electron chi connectivity index (χ2n) is 3.17. The van der Waals surface area contributed by atoms with Crippen molar-refractivity contribution in [3.8, 4) is 0 Å². The lowest BCUT2D eigenvalue weighted by molar-refractivity contribution is 0.111. The van der Waals surface area contributed by atoms with Crippen molar-refractivity contribution >= 4 is 6.29 Å². The molecule has 0 amide bonds. The molecule has 2 aromatic rings. The molecule has 0 unspecified atom stereocenters. The topological polar surface area (TPSA) is 60.7 Å². The SMILES string of the molecule is Cc1ncccc1Cn1cnc(C=O)n1. The lowest BCUT2D eigenvalue weighted by atomic mass is 10.2. The first kappa shape index (κ1) is 9.51. The van der Waals surface area contributed by atoms with Gasteiger partial charge in [0.05, 0.1) is 6.54 Å². The van der Waals surface area contributed by atoms with Gasteiger partial charge < -0.3 is 0 Å². The molecule has 15 heavy (non-hydrogen) atoms. The molecule has 0 atom stereocenters. The molecule has 0 spiro atoms. The van der Waals surface area contributed by atoms with Crippen molar-refractivity contribution < 1.29 is 4.79 Å². The average Bonchev–Trinajstić information content (AvgIpc) is 2.69. The van der Waals surface area contributed by atoms with Crippen molar-refractivity contribution in [1.82, 2.24) is 19.7 Å². The lowest BCUT2D eigenvalue weighted by Crippen LogP contribution is -2.03. The average molecular weight is 202 g/mol. The van der Waals surface area contributed by atoms with Gasteiger partial charge in [-0.2, -0.15) is 0 Å². The van der Waals surface area contributed by atoms with Crippen LogP contribution < -0.4 is 0 Å². The maximum atomic E-state index is 10.4. The molecular weight excluding hydrogens is 192 g/mol. The molecule has 0 aliphatic carbocycles. The molecule has 0 aliphatic heterocycles. The fourth-order valence-corrected chi connectivity index (χ4v) is 1.30. The predicted octanol–water partition coefficient (Wildman–Crippen LogP) is 0.842. The highest BCUT2D eigenvalue weighted by molar-refractivity contribution is 5.68. The first-order chi connectivity index (χ1) is 7.29. The summed E-state index contributed by atoms with van der Waals surface area (Å²) < 4.78 is 1.62. The number of carbonyl (C=O) groups excluding carboxylic acids is 1. The van der Waals surface area contributed by atoms with Gasteiger partial charge in [-0.05, 0) is 18.6 Å². The van der Waals surface area contributed by atoms with Gasteiger partial charge in [0.2, 0.25) is 5.82 Å². The van der Waals surface area contributed by atoms with E-state index in [1.165, 1.54) is 6.33 Å². The summed E-state index contributed by atoms with van der Waals surface area (Å²) in [4.78, 5) is 18.4. The summed E-state index contributed by atoms with van der Waals surface area (Å²) in [6.07, 6.45) is 3.92. The summed E-state index contributed by atoms with van der Waals surface area (Å²) in [5.41, 5.74) is 2.03. The van der Waals surface area contributed by atoms with Crippen molar-refractivity contribution in [2.45, 2.75) is 13.5 Å². The Morgan fingerprint density at radius 2 is 2.33 bits per heavy atom. The molecule has 2 rings (SSSR count). The Hall–Kier alpha value is -2.04. The summed E-state index contributed by atoms with van der Waals surface area (Å²) in [6.45, 7) is 2.52. The molecule has 0 aromatic carbocycles. The van der Waals surface area contributed by atoms with Crippen molar-refractivity contribution in [3.63, 3.8) is 0 Å². The van der Waals surface area contributed by atoms with Crippen LogP contribution >= 0.6 is 0 Å². The van der Waals surface area contributed by atoms with Crippen LogP contribution in [0.4, 0.5) is 0 Å². The molecule has 0 fully saturated rings. The summed E-state index contributed by atoms with van der Waals surface area (Å²) in [5.74, 6) is 0.205. The van der Waals surface area contributed by atoms with Gasteiger partial charge in [-0.25, -0.2) is 9.67 Å². The van der Waals surface area contributed by atoms with Gasteiger partial charge in [0.1, 0.15) is 6.33 Å². The molecule has 5 heteroatoms. The van der Waals surface area contributed by atoms with Gasteiger partial charge >= 0.3 is 0 Å².